The Labute approximate surface area is 123 Å². The second kappa shape index (κ2) is 5.65. The van der Waals surface area contributed by atoms with Crippen molar-refractivity contribution in [2.75, 3.05) is 4.72 Å². The number of nitrogens with one attached hydrogen (secondary N) is 1. The summed E-state index contributed by atoms with van der Waals surface area (Å²) in [6.45, 7) is 0.0353. The van der Waals surface area contributed by atoms with E-state index < -0.39 is 27.3 Å². The molecule has 2 aromatic rings. The number of hydrogen-bond donors (Lipinski definition) is 2. The second-order valence-corrected chi connectivity index (χ2v) is 6.82. The lowest BCUT2D eigenvalue weighted by molar-refractivity contribution is 0.583. The number of nitrogens with two attached hydrogens (primary N) is 1. The average molecular weight is 339 g/mol. The van der Waals surface area contributed by atoms with E-state index >= 15 is 0 Å². The molecule has 2 rings (SSSR count). The van der Waals surface area contributed by atoms with Crippen LogP contribution in [0.5, 0.6) is 0 Å². The van der Waals surface area contributed by atoms with Gasteiger partial charge >= 0.3 is 0 Å². The Bertz CT molecular complexity index is 724. The van der Waals surface area contributed by atoms with Gasteiger partial charge in [-0.1, -0.05) is 11.6 Å². The summed E-state index contributed by atoms with van der Waals surface area (Å²) in [7, 11) is -4.04. The van der Waals surface area contributed by atoms with Crippen LogP contribution in [0.2, 0.25) is 5.02 Å². The highest BCUT2D eigenvalue weighted by Crippen LogP contribution is 2.30. The molecule has 0 spiro atoms. The molecule has 20 heavy (non-hydrogen) atoms. The van der Waals surface area contributed by atoms with Crippen molar-refractivity contribution in [3.8, 4) is 0 Å². The van der Waals surface area contributed by atoms with Crippen molar-refractivity contribution < 1.29 is 17.2 Å². The SMILES string of the molecule is NCc1sccc1S(=O)(=O)Nc1c(F)cc(F)cc1Cl. The van der Waals surface area contributed by atoms with Crippen LogP contribution < -0.4 is 10.5 Å². The van der Waals surface area contributed by atoms with Crippen LogP contribution in [0.25, 0.3) is 0 Å². The van der Waals surface area contributed by atoms with E-state index in [1.165, 1.54) is 17.4 Å². The number of thiophene rings is 1. The van der Waals surface area contributed by atoms with Crippen molar-refractivity contribution in [1.29, 1.82) is 0 Å². The molecule has 4 nitrogen and oxygen atoms in total. The summed E-state index contributed by atoms with van der Waals surface area (Å²) < 4.78 is 52.8. The zero-order valence-corrected chi connectivity index (χ0v) is 12.2. The third kappa shape index (κ3) is 2.93. The van der Waals surface area contributed by atoms with Gasteiger partial charge in [-0.15, -0.1) is 11.3 Å². The fourth-order valence-electron chi connectivity index (χ4n) is 1.55. The van der Waals surface area contributed by atoms with Crippen molar-refractivity contribution in [2.45, 2.75) is 11.4 Å². The highest BCUT2D eigenvalue weighted by molar-refractivity contribution is 7.93. The molecule has 0 saturated heterocycles. The standard InChI is InChI=1S/C11H9ClF2N2O2S2/c12-7-3-6(13)4-8(14)11(7)16-20(17,18)10-1-2-19-9(10)5-15/h1-4,16H,5,15H2. The Balaban J connectivity index is 2.44. The third-order valence-corrected chi connectivity index (χ3v) is 5.23. The van der Waals surface area contributed by atoms with Crippen LogP contribution in [0.4, 0.5) is 14.5 Å². The van der Waals surface area contributed by atoms with E-state index in [9.17, 15) is 17.2 Å². The average Bonchev–Trinajstić information content (AvgIpc) is 2.83. The Morgan fingerprint density at radius 1 is 1.35 bits per heavy atom. The van der Waals surface area contributed by atoms with Gasteiger partial charge in [0, 0.05) is 17.5 Å². The maximum absolute atomic E-state index is 13.6. The van der Waals surface area contributed by atoms with Crippen LogP contribution in [-0.4, -0.2) is 8.42 Å². The lowest BCUT2D eigenvalue weighted by Gasteiger charge is -2.10. The molecule has 0 fully saturated rings. The first-order valence-electron chi connectivity index (χ1n) is 5.29. The largest absolute Gasteiger partial charge is 0.326 e. The lowest BCUT2D eigenvalue weighted by Crippen LogP contribution is -2.16. The number of benzene rings is 1. The minimum atomic E-state index is -4.04. The molecule has 0 bridgehead atoms. The molecule has 3 N–H and O–H groups in total. The van der Waals surface area contributed by atoms with Crippen molar-refractivity contribution >= 4 is 38.6 Å². The van der Waals surface area contributed by atoms with Crippen molar-refractivity contribution in [1.82, 2.24) is 0 Å². The number of sulfonamides is 1. The molecule has 1 aromatic heterocycles. The summed E-state index contributed by atoms with van der Waals surface area (Å²) in [5.41, 5.74) is 4.94. The molecule has 0 radical (unpaired) electrons. The van der Waals surface area contributed by atoms with Gasteiger partial charge in [0.15, 0.2) is 5.82 Å². The molecule has 0 aliphatic rings. The minimum Gasteiger partial charge on any atom is -0.326 e. The zero-order chi connectivity index (χ0) is 14.9. The van der Waals surface area contributed by atoms with Crippen LogP contribution in [-0.2, 0) is 16.6 Å². The Morgan fingerprint density at radius 2 is 2.05 bits per heavy atom. The first-order chi connectivity index (χ1) is 9.35. The van der Waals surface area contributed by atoms with Crippen molar-refractivity contribution in [3.63, 3.8) is 0 Å². The number of rotatable bonds is 4. The van der Waals surface area contributed by atoms with E-state index in [2.05, 4.69) is 0 Å². The summed E-state index contributed by atoms with van der Waals surface area (Å²) in [5.74, 6) is -1.99. The number of halogens is 3. The predicted octanol–water partition coefficient (Wildman–Crippen LogP) is 2.94. The van der Waals surface area contributed by atoms with E-state index in [0.717, 1.165) is 6.07 Å². The van der Waals surface area contributed by atoms with Crippen LogP contribution >= 0.6 is 22.9 Å². The van der Waals surface area contributed by atoms with Crippen LogP contribution in [0.1, 0.15) is 4.88 Å². The first-order valence-corrected chi connectivity index (χ1v) is 8.03. The summed E-state index contributed by atoms with van der Waals surface area (Å²) >= 11 is 6.81. The fraction of sp³-hybridized carbons (Fsp3) is 0.0909. The smallest absolute Gasteiger partial charge is 0.263 e. The van der Waals surface area contributed by atoms with Gasteiger partial charge in [0.1, 0.15) is 16.4 Å². The van der Waals surface area contributed by atoms with Crippen molar-refractivity contribution in [2.24, 2.45) is 5.73 Å². The fourth-order valence-corrected chi connectivity index (χ4v) is 4.27. The highest BCUT2D eigenvalue weighted by atomic mass is 35.5. The molecular formula is C11H9ClF2N2O2S2. The maximum atomic E-state index is 13.6. The molecule has 0 unspecified atom stereocenters. The molecule has 0 atom stereocenters. The molecule has 0 aliphatic carbocycles. The normalized spacial score (nSPS) is 11.6. The summed E-state index contributed by atoms with van der Waals surface area (Å²) in [5, 5.41) is 1.19. The number of hydrogen-bond acceptors (Lipinski definition) is 4. The zero-order valence-electron chi connectivity index (χ0n) is 9.86. The maximum Gasteiger partial charge on any atom is 0.263 e. The van der Waals surface area contributed by atoms with Crippen LogP contribution in [0.15, 0.2) is 28.5 Å². The molecule has 9 heteroatoms. The first kappa shape index (κ1) is 15.2. The highest BCUT2D eigenvalue weighted by Gasteiger charge is 2.22. The Morgan fingerprint density at radius 3 is 2.65 bits per heavy atom. The third-order valence-electron chi connectivity index (χ3n) is 2.42. The summed E-state index contributed by atoms with van der Waals surface area (Å²) in [6, 6.07) is 2.71. The number of anilines is 1. The van der Waals surface area contributed by atoms with E-state index in [0.29, 0.717) is 10.9 Å². The summed E-state index contributed by atoms with van der Waals surface area (Å²) in [6.07, 6.45) is 0. The Hall–Kier alpha value is -1.22. The van der Waals surface area contributed by atoms with Gasteiger partial charge < -0.3 is 5.73 Å². The second-order valence-electron chi connectivity index (χ2n) is 3.76. The van der Waals surface area contributed by atoms with Gasteiger partial charge in [-0.05, 0) is 17.5 Å². The summed E-state index contributed by atoms with van der Waals surface area (Å²) in [4.78, 5) is 0.376. The van der Waals surface area contributed by atoms with Gasteiger partial charge in [-0.25, -0.2) is 17.2 Å². The van der Waals surface area contributed by atoms with Gasteiger partial charge in [-0.2, -0.15) is 0 Å². The van der Waals surface area contributed by atoms with Gasteiger partial charge in [0.2, 0.25) is 0 Å². The predicted molar refractivity (Wildman–Crippen MR) is 74.4 cm³/mol. The molecular weight excluding hydrogens is 330 g/mol. The lowest BCUT2D eigenvalue weighted by atomic mass is 10.3. The minimum absolute atomic E-state index is 0.0353. The van der Waals surface area contributed by atoms with Gasteiger partial charge in [-0.3, -0.25) is 4.72 Å². The van der Waals surface area contributed by atoms with Gasteiger partial charge in [0.05, 0.1) is 5.02 Å². The molecule has 1 aromatic carbocycles. The van der Waals surface area contributed by atoms with E-state index in [1.807, 2.05) is 4.72 Å². The van der Waals surface area contributed by atoms with Crippen LogP contribution in [0.3, 0.4) is 0 Å². The topological polar surface area (TPSA) is 72.2 Å². The van der Waals surface area contributed by atoms with Crippen molar-refractivity contribution in [3.05, 3.63) is 45.1 Å². The molecule has 1 heterocycles. The van der Waals surface area contributed by atoms with E-state index in [1.54, 1.807) is 5.38 Å². The Kier molecular flexibility index (Phi) is 4.28. The van der Waals surface area contributed by atoms with E-state index in [-0.39, 0.29) is 16.5 Å². The van der Waals surface area contributed by atoms with E-state index in [4.69, 9.17) is 17.3 Å². The monoisotopic (exact) mass is 338 g/mol. The molecule has 0 amide bonds. The molecule has 108 valence electrons. The molecule has 0 saturated carbocycles. The van der Waals surface area contributed by atoms with Gasteiger partial charge in [0.25, 0.3) is 10.0 Å². The molecule has 0 aliphatic heterocycles. The van der Waals surface area contributed by atoms with Crippen LogP contribution in [0, 0.1) is 11.6 Å². The quantitative estimate of drug-likeness (QED) is 0.900.